The van der Waals surface area contributed by atoms with E-state index in [0.717, 1.165) is 19.4 Å². The van der Waals surface area contributed by atoms with Crippen molar-refractivity contribution in [1.29, 1.82) is 0 Å². The maximum Gasteiger partial charge on any atom is 0.321 e. The molecule has 0 aliphatic heterocycles. The van der Waals surface area contributed by atoms with E-state index >= 15 is 0 Å². The van der Waals surface area contributed by atoms with E-state index in [1.54, 1.807) is 12.4 Å². The molecule has 2 aromatic rings. The van der Waals surface area contributed by atoms with Crippen LogP contribution in [0.3, 0.4) is 0 Å². The molecule has 1 heterocycles. The molecule has 0 aliphatic rings. The van der Waals surface area contributed by atoms with Crippen molar-refractivity contribution in [3.05, 3.63) is 44.2 Å². The Morgan fingerprint density at radius 1 is 1.25 bits per heavy atom. The van der Waals surface area contributed by atoms with Gasteiger partial charge in [0, 0.05) is 20.4 Å². The molecule has 16 heavy (non-hydrogen) atoms. The molecule has 0 N–H and O–H groups in total. The van der Waals surface area contributed by atoms with Gasteiger partial charge in [0.15, 0.2) is 0 Å². The quantitative estimate of drug-likeness (QED) is 0.728. The Balaban J connectivity index is 2.26. The summed E-state index contributed by atoms with van der Waals surface area (Å²) in [5.74, 6) is 0.760. The van der Waals surface area contributed by atoms with Crippen LogP contribution in [0.1, 0.15) is 5.56 Å². The van der Waals surface area contributed by atoms with Crippen molar-refractivity contribution in [1.82, 2.24) is 9.97 Å². The summed E-state index contributed by atoms with van der Waals surface area (Å²) in [6.45, 7) is 1.98. The van der Waals surface area contributed by atoms with Gasteiger partial charge in [-0.3, -0.25) is 0 Å². The molecule has 0 bridgehead atoms. The summed E-state index contributed by atoms with van der Waals surface area (Å²) in [5.41, 5.74) is 1.05. The van der Waals surface area contributed by atoms with E-state index in [2.05, 4.69) is 48.5 Å². The summed E-state index contributed by atoms with van der Waals surface area (Å²) in [6, 6.07) is 6.21. The minimum Gasteiger partial charge on any atom is -0.424 e. The first-order chi connectivity index (χ1) is 7.65. The van der Waals surface area contributed by atoms with E-state index in [9.17, 15) is 0 Å². The maximum atomic E-state index is 5.59. The fourth-order valence-electron chi connectivity index (χ4n) is 1.14. The van der Waals surface area contributed by atoms with Crippen molar-refractivity contribution in [2.45, 2.75) is 6.92 Å². The molecule has 5 heteroatoms. The molecule has 82 valence electrons. The van der Waals surface area contributed by atoms with Crippen LogP contribution in [0.25, 0.3) is 0 Å². The minimum atomic E-state index is 0.363. The van der Waals surface area contributed by atoms with Gasteiger partial charge in [-0.25, -0.2) is 9.97 Å². The Bertz CT molecular complexity index is 502. The van der Waals surface area contributed by atoms with Crippen LogP contribution in [0.5, 0.6) is 11.8 Å². The molecule has 0 spiro atoms. The standard InChI is InChI=1S/C11H8BrIN2O/c1-7-2-3-8(12)4-10(7)16-11-14-5-9(13)6-15-11/h2-6H,1H3. The zero-order valence-corrected chi connectivity index (χ0v) is 12.2. The van der Waals surface area contributed by atoms with Crippen molar-refractivity contribution in [2.75, 3.05) is 0 Å². The Kier molecular flexibility index (Phi) is 3.75. The zero-order valence-electron chi connectivity index (χ0n) is 8.45. The Hall–Kier alpha value is -0.690. The first-order valence-electron chi connectivity index (χ1n) is 4.57. The minimum absolute atomic E-state index is 0.363. The summed E-state index contributed by atoms with van der Waals surface area (Å²) in [4.78, 5) is 8.18. The predicted molar refractivity (Wildman–Crippen MR) is 73.7 cm³/mol. The van der Waals surface area contributed by atoms with Crippen LogP contribution >= 0.6 is 38.5 Å². The normalized spacial score (nSPS) is 10.2. The second-order valence-corrected chi connectivity index (χ2v) is 5.36. The zero-order chi connectivity index (χ0) is 11.5. The van der Waals surface area contributed by atoms with Gasteiger partial charge in [0.1, 0.15) is 5.75 Å². The molecule has 0 aliphatic carbocycles. The number of hydrogen-bond acceptors (Lipinski definition) is 3. The number of aryl methyl sites for hydroxylation is 1. The molecule has 0 amide bonds. The molecule has 0 radical (unpaired) electrons. The number of ether oxygens (including phenoxy) is 1. The third kappa shape index (κ3) is 2.91. The molecular formula is C11H8BrIN2O. The predicted octanol–water partition coefficient (Wildman–Crippen LogP) is 3.94. The molecule has 1 aromatic heterocycles. The van der Waals surface area contributed by atoms with Gasteiger partial charge in [0.05, 0.1) is 0 Å². The van der Waals surface area contributed by atoms with E-state index in [1.807, 2.05) is 25.1 Å². The lowest BCUT2D eigenvalue weighted by Crippen LogP contribution is -1.93. The third-order valence-corrected chi connectivity index (χ3v) is 3.00. The van der Waals surface area contributed by atoms with Crippen LogP contribution in [0, 0.1) is 10.5 Å². The van der Waals surface area contributed by atoms with E-state index < -0.39 is 0 Å². The lowest BCUT2D eigenvalue weighted by Gasteiger charge is -2.06. The molecule has 0 saturated heterocycles. The number of aromatic nitrogens is 2. The SMILES string of the molecule is Cc1ccc(Br)cc1Oc1ncc(I)cn1. The van der Waals surface area contributed by atoms with Crippen LogP contribution < -0.4 is 4.74 Å². The van der Waals surface area contributed by atoms with Crippen LogP contribution in [0.15, 0.2) is 35.1 Å². The summed E-state index contributed by atoms with van der Waals surface area (Å²) in [6.07, 6.45) is 3.44. The fourth-order valence-corrected chi connectivity index (χ4v) is 1.75. The molecule has 1 aromatic carbocycles. The van der Waals surface area contributed by atoms with Gasteiger partial charge in [-0.05, 0) is 47.2 Å². The molecule has 2 rings (SSSR count). The maximum absolute atomic E-state index is 5.59. The monoisotopic (exact) mass is 390 g/mol. The number of rotatable bonds is 2. The Labute approximate surface area is 116 Å². The van der Waals surface area contributed by atoms with Crippen LogP contribution in [0.2, 0.25) is 0 Å². The lowest BCUT2D eigenvalue weighted by molar-refractivity contribution is 0.438. The highest BCUT2D eigenvalue weighted by Gasteiger charge is 2.04. The average molecular weight is 391 g/mol. The first kappa shape index (κ1) is 11.8. The molecular weight excluding hydrogens is 383 g/mol. The largest absolute Gasteiger partial charge is 0.424 e. The smallest absolute Gasteiger partial charge is 0.321 e. The van der Waals surface area contributed by atoms with Crippen molar-refractivity contribution in [3.8, 4) is 11.8 Å². The highest BCUT2D eigenvalue weighted by molar-refractivity contribution is 14.1. The second-order valence-electron chi connectivity index (χ2n) is 3.20. The molecule has 0 fully saturated rings. The Morgan fingerprint density at radius 2 is 1.94 bits per heavy atom. The highest BCUT2D eigenvalue weighted by atomic mass is 127. The third-order valence-electron chi connectivity index (χ3n) is 1.95. The number of hydrogen-bond donors (Lipinski definition) is 0. The van der Waals surface area contributed by atoms with Gasteiger partial charge < -0.3 is 4.74 Å². The van der Waals surface area contributed by atoms with Gasteiger partial charge >= 0.3 is 6.01 Å². The fraction of sp³-hybridized carbons (Fsp3) is 0.0909. The van der Waals surface area contributed by atoms with Crippen LogP contribution in [-0.4, -0.2) is 9.97 Å². The van der Waals surface area contributed by atoms with E-state index in [-0.39, 0.29) is 0 Å². The number of benzene rings is 1. The van der Waals surface area contributed by atoms with Crippen molar-refractivity contribution in [2.24, 2.45) is 0 Å². The summed E-state index contributed by atoms with van der Waals surface area (Å²) in [5, 5.41) is 0. The molecule has 0 unspecified atom stereocenters. The van der Waals surface area contributed by atoms with Crippen molar-refractivity contribution >= 4 is 38.5 Å². The number of halogens is 2. The van der Waals surface area contributed by atoms with Crippen LogP contribution in [-0.2, 0) is 0 Å². The first-order valence-corrected chi connectivity index (χ1v) is 6.44. The van der Waals surface area contributed by atoms with Crippen molar-refractivity contribution < 1.29 is 4.74 Å². The van der Waals surface area contributed by atoms with Gasteiger partial charge in [-0.15, -0.1) is 0 Å². The molecule has 0 saturated carbocycles. The lowest BCUT2D eigenvalue weighted by atomic mass is 10.2. The topological polar surface area (TPSA) is 35.0 Å². The highest BCUT2D eigenvalue weighted by Crippen LogP contribution is 2.26. The molecule has 0 atom stereocenters. The summed E-state index contributed by atoms with van der Waals surface area (Å²) in [7, 11) is 0. The van der Waals surface area contributed by atoms with Gasteiger partial charge in [0.25, 0.3) is 0 Å². The Morgan fingerprint density at radius 3 is 2.62 bits per heavy atom. The van der Waals surface area contributed by atoms with E-state index in [1.165, 1.54) is 0 Å². The van der Waals surface area contributed by atoms with Crippen molar-refractivity contribution in [3.63, 3.8) is 0 Å². The summed E-state index contributed by atoms with van der Waals surface area (Å²) >= 11 is 5.55. The van der Waals surface area contributed by atoms with Gasteiger partial charge in [0.2, 0.25) is 0 Å². The van der Waals surface area contributed by atoms with E-state index in [0.29, 0.717) is 6.01 Å². The number of nitrogens with zero attached hydrogens (tertiary/aromatic N) is 2. The second kappa shape index (κ2) is 5.09. The average Bonchev–Trinajstić information content (AvgIpc) is 2.27. The van der Waals surface area contributed by atoms with E-state index in [4.69, 9.17) is 4.74 Å². The van der Waals surface area contributed by atoms with Gasteiger partial charge in [-0.1, -0.05) is 22.0 Å². The van der Waals surface area contributed by atoms with Gasteiger partial charge in [-0.2, -0.15) is 0 Å². The molecule has 3 nitrogen and oxygen atoms in total. The summed E-state index contributed by atoms with van der Waals surface area (Å²) < 4.78 is 7.54. The van der Waals surface area contributed by atoms with Crippen LogP contribution in [0.4, 0.5) is 0 Å².